The standard InChI is InChI=1S/C22H21FN4O3.C19H17FN4O.C17H13FN4O.C14H10FN3O.C8H15NO4.ClH/c1-14(25-21(28)29-22(2,3)4)20-26-19(27-30-20)18-11-10-16(13-24-18)9-8-15-6-5-7-17(23)12-15;1-13(24(2)3)19-22-18(23-25-19)17-10-9-15(12-21-17)8-7-14-5-4-6-16(20)11-14;1-11(19)17-21-16(22-23-17)15-8-7-13(10-20-15)6-5-12-3-2-4-14(18)9-12;15-12-3-1-2-10(8-12)4-5-11-6-7-13(17-9-11)14(16)18-19;1-5(6(10)11)9-7(12)13-8(2,3)4;/h5-7,10-14H,1-4H3,(H,25,28);4-6,9-13H,1-3H3;2-4,7-11H,19H2,1H3;1-3,6-9,19H,(H2,16,18);5H,1-4H3,(H,9,12)(H,10,11);1H. The Morgan fingerprint density at radius 2 is 0.811 bits per heavy atom. The van der Waals surface area contributed by atoms with Crippen LogP contribution < -0.4 is 22.1 Å². The summed E-state index contributed by atoms with van der Waals surface area (Å²) in [5.74, 6) is 22.9. The number of nitrogens with two attached hydrogens (primary N) is 2. The number of halogens is 5. The summed E-state index contributed by atoms with van der Waals surface area (Å²) in [5.41, 5.74) is 17.0. The summed E-state index contributed by atoms with van der Waals surface area (Å²) in [6.45, 7) is 17.3. The average molecular weight is 1530 g/mol. The van der Waals surface area contributed by atoms with Crippen LogP contribution in [-0.2, 0) is 14.3 Å². The van der Waals surface area contributed by atoms with Crippen LogP contribution in [0.4, 0.5) is 27.2 Å². The number of rotatable bonds is 11. The predicted molar refractivity (Wildman–Crippen MR) is 405 cm³/mol. The zero-order chi connectivity index (χ0) is 80.1. The number of alkyl carbamates (subject to hydrolysis) is 2. The van der Waals surface area contributed by atoms with Crippen LogP contribution in [0.3, 0.4) is 0 Å². The van der Waals surface area contributed by atoms with Gasteiger partial charge in [0.25, 0.3) is 0 Å². The summed E-state index contributed by atoms with van der Waals surface area (Å²) in [7, 11) is 3.89. The van der Waals surface area contributed by atoms with Crippen molar-refractivity contribution in [3.63, 3.8) is 0 Å². The summed E-state index contributed by atoms with van der Waals surface area (Å²) in [6, 6.07) is 36.5. The quantitative estimate of drug-likeness (QED) is 0.0175. The summed E-state index contributed by atoms with van der Waals surface area (Å²) >= 11 is 0. The molecule has 111 heavy (non-hydrogen) atoms. The van der Waals surface area contributed by atoms with Gasteiger partial charge in [-0.25, -0.2) is 27.2 Å². The molecule has 0 aliphatic heterocycles. The van der Waals surface area contributed by atoms with Crippen LogP contribution in [0.2, 0.25) is 0 Å². The largest absolute Gasteiger partial charge is 0.480 e. The summed E-state index contributed by atoms with van der Waals surface area (Å²) < 4.78 is 78.0. The lowest BCUT2D eigenvalue weighted by molar-refractivity contribution is -0.139. The number of amides is 2. The minimum atomic E-state index is -1.09. The Balaban J connectivity index is 0.000000221. The van der Waals surface area contributed by atoms with Crippen molar-refractivity contribution in [3.8, 4) is 81.9 Å². The lowest BCUT2D eigenvalue weighted by atomic mass is 10.2. The Kier molecular flexibility index (Phi) is 32.2. The molecule has 0 aliphatic carbocycles. The third-order valence-corrected chi connectivity index (χ3v) is 13.9. The first-order valence-electron chi connectivity index (χ1n) is 33.3. The van der Waals surface area contributed by atoms with E-state index in [4.69, 9.17) is 44.8 Å². The monoisotopic (exact) mass is 1530 g/mol. The molecule has 572 valence electrons. The number of benzene rings is 4. The normalized spacial score (nSPS) is 11.7. The van der Waals surface area contributed by atoms with Crippen LogP contribution in [0.15, 0.2) is 189 Å². The first-order valence-corrected chi connectivity index (χ1v) is 33.3. The van der Waals surface area contributed by atoms with E-state index in [1.54, 1.807) is 165 Å². The highest BCUT2D eigenvalue weighted by Gasteiger charge is 2.24. The van der Waals surface area contributed by atoms with Crippen LogP contribution in [0.1, 0.15) is 155 Å². The van der Waals surface area contributed by atoms with Crippen LogP contribution in [0.5, 0.6) is 0 Å². The maximum Gasteiger partial charge on any atom is 0.408 e. The van der Waals surface area contributed by atoms with Gasteiger partial charge in [0, 0.05) is 69.3 Å². The lowest BCUT2D eigenvalue weighted by Crippen LogP contribution is -2.41. The van der Waals surface area contributed by atoms with Crippen molar-refractivity contribution < 1.29 is 65.3 Å². The van der Waals surface area contributed by atoms with Gasteiger partial charge in [0.1, 0.15) is 69.3 Å². The molecule has 4 atom stereocenters. The number of aliphatic carboxylic acids is 1. The van der Waals surface area contributed by atoms with Crippen molar-refractivity contribution in [2.75, 3.05) is 14.1 Å². The molecule has 0 radical (unpaired) electrons. The number of aromatic nitrogens is 10. The van der Waals surface area contributed by atoms with Gasteiger partial charge in [-0.3, -0.25) is 29.6 Å². The molecule has 26 nitrogen and oxygen atoms in total. The molecule has 0 aliphatic rings. The Morgan fingerprint density at radius 1 is 0.486 bits per heavy atom. The van der Waals surface area contributed by atoms with Gasteiger partial charge < -0.3 is 55.5 Å². The van der Waals surface area contributed by atoms with Crippen molar-refractivity contribution in [2.45, 2.75) is 105 Å². The van der Waals surface area contributed by atoms with E-state index in [0.717, 1.165) is 5.56 Å². The Hall–Kier alpha value is -13.7. The van der Waals surface area contributed by atoms with Gasteiger partial charge in [-0.1, -0.05) is 92.3 Å². The number of hydrogen-bond donors (Lipinski definition) is 6. The highest BCUT2D eigenvalue weighted by molar-refractivity contribution is 5.95. The van der Waals surface area contributed by atoms with Gasteiger partial charge in [-0.05, 0) is 205 Å². The van der Waals surface area contributed by atoms with E-state index < -0.39 is 41.4 Å². The Bertz CT molecular complexity index is 5220. The second-order valence-electron chi connectivity index (χ2n) is 25.6. The van der Waals surface area contributed by atoms with E-state index in [-0.39, 0.29) is 65.3 Å². The fourth-order valence-electron chi connectivity index (χ4n) is 8.17. The summed E-state index contributed by atoms with van der Waals surface area (Å²) in [6.07, 6.45) is 5.01. The van der Waals surface area contributed by atoms with Crippen LogP contribution >= 0.6 is 12.4 Å². The molecular weight excluding hydrogens is 1460 g/mol. The summed E-state index contributed by atoms with van der Waals surface area (Å²) in [5, 5.41) is 36.3. The lowest BCUT2D eigenvalue weighted by Gasteiger charge is -2.20. The zero-order valence-corrected chi connectivity index (χ0v) is 62.9. The average Bonchev–Trinajstić information content (AvgIpc) is 1.70. The molecule has 4 unspecified atom stereocenters. The second-order valence-corrected chi connectivity index (χ2v) is 25.6. The molecule has 11 aromatic rings. The van der Waals surface area contributed by atoms with Crippen molar-refractivity contribution in [3.05, 3.63) is 262 Å². The number of pyridine rings is 4. The SMILES string of the molecule is CC(N)c1nc(-c2ccc(C#Cc3cccc(F)c3)cn2)no1.CC(NC(=O)OC(C)(C)C)C(=O)O.CC(NC(=O)OC(C)(C)C)c1nc(-c2ccc(C#Cc3cccc(F)c3)cn2)no1.CC(c1nc(-c2ccc(C#Cc3cccc(F)c3)cn2)no1)N(C)C.Cl.N/C(=N\O)c1ccc(C#Cc2cccc(F)c2)cn1. The molecule has 4 aromatic carbocycles. The number of ether oxygens (including phenoxy) is 2. The highest BCUT2D eigenvalue weighted by atomic mass is 35.5. The molecule has 0 saturated carbocycles. The number of carboxylic acid groups (broad SMARTS) is 1. The van der Waals surface area contributed by atoms with E-state index in [1.165, 1.54) is 61.7 Å². The molecule has 11 rings (SSSR count). The van der Waals surface area contributed by atoms with Crippen molar-refractivity contribution in [2.24, 2.45) is 16.6 Å². The van der Waals surface area contributed by atoms with Crippen molar-refractivity contribution >= 4 is 36.4 Å². The molecular formula is C80H77ClF4N16O10. The van der Waals surface area contributed by atoms with Gasteiger partial charge in [0.05, 0.1) is 12.1 Å². The molecule has 8 N–H and O–H groups in total. The van der Waals surface area contributed by atoms with Gasteiger partial charge in [-0.15, -0.1) is 12.4 Å². The maximum absolute atomic E-state index is 13.2. The number of carbonyl (C=O) groups is 3. The van der Waals surface area contributed by atoms with E-state index in [0.29, 0.717) is 85.2 Å². The van der Waals surface area contributed by atoms with Crippen LogP contribution in [-0.4, -0.2) is 121 Å². The van der Waals surface area contributed by atoms with Gasteiger partial charge in [0.2, 0.25) is 35.1 Å². The number of carbonyl (C=O) groups excluding carboxylic acids is 2. The Morgan fingerprint density at radius 3 is 1.11 bits per heavy atom. The number of carboxylic acids is 1. The first-order chi connectivity index (χ1) is 52.2. The zero-order valence-electron chi connectivity index (χ0n) is 62.1. The fourth-order valence-corrected chi connectivity index (χ4v) is 8.17. The molecule has 2 amide bonds. The number of nitrogens with one attached hydrogen (secondary N) is 2. The molecule has 0 bridgehead atoms. The smallest absolute Gasteiger partial charge is 0.408 e. The number of oxime groups is 1. The van der Waals surface area contributed by atoms with Crippen LogP contribution in [0, 0.1) is 70.6 Å². The molecule has 0 spiro atoms. The number of amidine groups is 1. The van der Waals surface area contributed by atoms with Gasteiger partial charge >= 0.3 is 18.2 Å². The van der Waals surface area contributed by atoms with Crippen molar-refractivity contribution in [1.82, 2.24) is 65.9 Å². The first kappa shape index (κ1) is 86.3. The molecule has 31 heteroatoms. The highest BCUT2D eigenvalue weighted by Crippen LogP contribution is 2.22. The van der Waals surface area contributed by atoms with E-state index in [1.807, 2.05) is 32.0 Å². The topological polar surface area (TPSA) is 370 Å². The number of nitrogens with zero attached hydrogens (tertiary/aromatic N) is 12. The summed E-state index contributed by atoms with van der Waals surface area (Å²) in [4.78, 5) is 64.8. The molecule has 0 fully saturated rings. The molecule has 0 saturated heterocycles. The fraction of sp³-hybridized carbons (Fsp3) is 0.225. The van der Waals surface area contributed by atoms with Crippen LogP contribution in [0.25, 0.3) is 34.6 Å². The van der Waals surface area contributed by atoms with Gasteiger partial charge in [0.15, 0.2) is 5.84 Å². The number of hydrogen-bond acceptors (Lipinski definition) is 22. The van der Waals surface area contributed by atoms with E-state index in [2.05, 4.69) is 114 Å². The molecule has 7 heterocycles. The maximum atomic E-state index is 13.2. The van der Waals surface area contributed by atoms with Crippen molar-refractivity contribution in [1.29, 1.82) is 0 Å². The third-order valence-electron chi connectivity index (χ3n) is 13.9. The predicted octanol–water partition coefficient (Wildman–Crippen LogP) is 13.4. The van der Waals surface area contributed by atoms with E-state index >= 15 is 0 Å². The Labute approximate surface area is 643 Å². The van der Waals surface area contributed by atoms with Gasteiger partial charge in [-0.2, -0.15) is 15.0 Å². The van der Waals surface area contributed by atoms with E-state index in [9.17, 15) is 31.9 Å². The minimum absolute atomic E-state index is 0. The minimum Gasteiger partial charge on any atom is -0.480 e. The third kappa shape index (κ3) is 29.9. The second kappa shape index (κ2) is 41.5. The molecule has 7 aromatic heterocycles.